The SMILES string of the molecule is COC(=O)CCNC(=O)[C@@H]1O[P+](O)(NCCc2ccccc2)OCC1(C)C. The first-order chi connectivity index (χ1) is 12.8. The Hall–Kier alpha value is -1.57. The number of benzene rings is 1. The number of hydrogen-bond acceptors (Lipinski definition) is 7. The van der Waals surface area contributed by atoms with E-state index < -0.39 is 31.5 Å². The molecule has 1 fully saturated rings. The summed E-state index contributed by atoms with van der Waals surface area (Å²) >= 11 is 0. The maximum absolute atomic E-state index is 12.5. The summed E-state index contributed by atoms with van der Waals surface area (Å²) in [5.41, 5.74) is 0.494. The Morgan fingerprint density at radius 1 is 1.30 bits per heavy atom. The molecule has 27 heavy (non-hydrogen) atoms. The first kappa shape index (κ1) is 21.7. The first-order valence-electron chi connectivity index (χ1n) is 8.84. The molecule has 2 atom stereocenters. The Labute approximate surface area is 160 Å². The zero-order valence-electron chi connectivity index (χ0n) is 15.9. The molecule has 0 aliphatic carbocycles. The number of nitrogens with one attached hydrogen (secondary N) is 2. The van der Waals surface area contributed by atoms with Crippen molar-refractivity contribution in [3.63, 3.8) is 0 Å². The second-order valence-electron chi connectivity index (χ2n) is 7.03. The molecule has 1 amide bonds. The van der Waals surface area contributed by atoms with Gasteiger partial charge in [-0.15, -0.1) is 9.61 Å². The lowest BCUT2D eigenvalue weighted by molar-refractivity contribution is -0.142. The highest BCUT2D eigenvalue weighted by Gasteiger charge is 2.57. The van der Waals surface area contributed by atoms with E-state index in [-0.39, 0.29) is 19.6 Å². The van der Waals surface area contributed by atoms with E-state index in [1.54, 1.807) is 0 Å². The van der Waals surface area contributed by atoms with Crippen molar-refractivity contribution in [2.75, 3.05) is 26.8 Å². The molecular weight excluding hydrogens is 371 g/mol. The average Bonchev–Trinajstić information content (AvgIpc) is 2.64. The Bertz CT molecular complexity index is 642. The molecule has 0 spiro atoms. The van der Waals surface area contributed by atoms with Crippen molar-refractivity contribution in [3.8, 4) is 0 Å². The van der Waals surface area contributed by atoms with E-state index in [2.05, 4.69) is 15.1 Å². The van der Waals surface area contributed by atoms with Gasteiger partial charge in [0.15, 0.2) is 6.10 Å². The van der Waals surface area contributed by atoms with Crippen LogP contribution in [0.4, 0.5) is 0 Å². The van der Waals surface area contributed by atoms with Crippen molar-refractivity contribution in [2.45, 2.75) is 32.8 Å². The fourth-order valence-electron chi connectivity index (χ4n) is 2.60. The molecular formula is C18H28N2O6P+. The van der Waals surface area contributed by atoms with Crippen LogP contribution in [0.15, 0.2) is 30.3 Å². The number of rotatable bonds is 8. The molecule has 1 unspecified atom stereocenters. The second-order valence-corrected chi connectivity index (χ2v) is 8.85. The summed E-state index contributed by atoms with van der Waals surface area (Å²) in [4.78, 5) is 34.3. The minimum atomic E-state index is -3.35. The number of carbonyl (C=O) groups is 2. The Morgan fingerprint density at radius 2 is 2.00 bits per heavy atom. The smallest absolute Gasteiger partial charge is 0.469 e. The fourth-order valence-corrected chi connectivity index (χ4v) is 4.40. The minimum absolute atomic E-state index is 0.0701. The van der Waals surface area contributed by atoms with E-state index in [0.717, 1.165) is 5.56 Å². The highest BCUT2D eigenvalue weighted by molar-refractivity contribution is 7.58. The molecule has 1 aromatic rings. The molecule has 1 aliphatic rings. The number of esters is 1. The highest BCUT2D eigenvalue weighted by atomic mass is 31.2. The Balaban J connectivity index is 1.89. The van der Waals surface area contributed by atoms with Gasteiger partial charge >= 0.3 is 14.1 Å². The van der Waals surface area contributed by atoms with Gasteiger partial charge in [0.05, 0.1) is 13.5 Å². The molecule has 2 rings (SSSR count). The van der Waals surface area contributed by atoms with Crippen LogP contribution in [-0.2, 0) is 29.8 Å². The lowest BCUT2D eigenvalue weighted by Gasteiger charge is -2.37. The third-order valence-electron chi connectivity index (χ3n) is 4.23. The third kappa shape index (κ3) is 6.52. The summed E-state index contributed by atoms with van der Waals surface area (Å²) in [5.74, 6) is -0.801. The van der Waals surface area contributed by atoms with E-state index in [0.29, 0.717) is 13.0 Å². The van der Waals surface area contributed by atoms with Crippen molar-refractivity contribution in [1.82, 2.24) is 10.4 Å². The predicted octanol–water partition coefficient (Wildman–Crippen LogP) is 1.61. The average molecular weight is 399 g/mol. The van der Waals surface area contributed by atoms with Crippen LogP contribution in [-0.4, -0.2) is 49.7 Å². The minimum Gasteiger partial charge on any atom is -0.469 e. The van der Waals surface area contributed by atoms with E-state index in [1.807, 2.05) is 44.2 Å². The van der Waals surface area contributed by atoms with Crippen molar-refractivity contribution in [1.29, 1.82) is 0 Å². The summed E-state index contributed by atoms with van der Waals surface area (Å²) in [7, 11) is -2.06. The maximum Gasteiger partial charge on any atom is 0.499 e. The van der Waals surface area contributed by atoms with Gasteiger partial charge in [-0.1, -0.05) is 44.2 Å². The van der Waals surface area contributed by atoms with E-state index >= 15 is 0 Å². The lowest BCUT2D eigenvalue weighted by Crippen LogP contribution is -2.52. The van der Waals surface area contributed by atoms with Crippen LogP contribution in [0, 0.1) is 5.41 Å². The Kier molecular flexibility index (Phi) is 7.70. The van der Waals surface area contributed by atoms with Crippen molar-refractivity contribution < 1.29 is 28.3 Å². The summed E-state index contributed by atoms with van der Waals surface area (Å²) in [5, 5.41) is 5.57. The van der Waals surface area contributed by atoms with E-state index in [1.165, 1.54) is 7.11 Å². The topological polar surface area (TPSA) is 106 Å². The van der Waals surface area contributed by atoms with Crippen LogP contribution in [0.5, 0.6) is 0 Å². The molecule has 8 nitrogen and oxygen atoms in total. The van der Waals surface area contributed by atoms with Crippen LogP contribution < -0.4 is 10.4 Å². The quantitative estimate of drug-likeness (QED) is 0.450. The van der Waals surface area contributed by atoms with E-state index in [4.69, 9.17) is 9.05 Å². The number of hydrogen-bond donors (Lipinski definition) is 3. The molecule has 0 bridgehead atoms. The number of ether oxygens (including phenoxy) is 1. The molecule has 0 radical (unpaired) electrons. The highest BCUT2D eigenvalue weighted by Crippen LogP contribution is 2.59. The van der Waals surface area contributed by atoms with Gasteiger partial charge in [0.25, 0.3) is 5.91 Å². The van der Waals surface area contributed by atoms with Crippen molar-refractivity contribution >= 4 is 20.0 Å². The van der Waals surface area contributed by atoms with Gasteiger partial charge in [-0.2, -0.15) is 9.42 Å². The van der Waals surface area contributed by atoms with Gasteiger partial charge in [0, 0.05) is 18.5 Å². The second kappa shape index (κ2) is 9.57. The molecule has 1 heterocycles. The monoisotopic (exact) mass is 399 g/mol. The molecule has 1 aliphatic heterocycles. The lowest BCUT2D eigenvalue weighted by atomic mass is 9.87. The Morgan fingerprint density at radius 3 is 2.67 bits per heavy atom. The van der Waals surface area contributed by atoms with Gasteiger partial charge in [0.2, 0.25) is 0 Å². The van der Waals surface area contributed by atoms with Gasteiger partial charge < -0.3 is 10.1 Å². The summed E-state index contributed by atoms with van der Waals surface area (Å²) in [6.45, 7) is 4.41. The molecule has 3 N–H and O–H groups in total. The molecule has 0 saturated carbocycles. The van der Waals surface area contributed by atoms with Crippen LogP contribution in [0.1, 0.15) is 25.8 Å². The maximum atomic E-state index is 12.5. The van der Waals surface area contributed by atoms with Gasteiger partial charge in [-0.05, 0) is 12.0 Å². The number of carbonyl (C=O) groups excluding carboxylic acids is 2. The molecule has 1 saturated heterocycles. The standard InChI is InChI=1S/C18H27N2O6P/c1-18(2)13-25-27(23,20-12-9-14-7-5-4-6-8-14)26-16(18)17(22)19-11-10-15(21)24-3/h4-8,16,20,23H,9-13H2,1-3H3/p+1/t16-,27?/m0/s1. The zero-order valence-corrected chi connectivity index (χ0v) is 16.8. The van der Waals surface area contributed by atoms with Crippen LogP contribution >= 0.6 is 8.09 Å². The molecule has 1 aromatic carbocycles. The van der Waals surface area contributed by atoms with Crippen LogP contribution in [0.2, 0.25) is 0 Å². The van der Waals surface area contributed by atoms with Crippen molar-refractivity contribution in [3.05, 3.63) is 35.9 Å². The van der Waals surface area contributed by atoms with Gasteiger partial charge in [-0.25, -0.2) is 0 Å². The molecule has 150 valence electrons. The summed E-state index contributed by atoms with van der Waals surface area (Å²) in [6.07, 6.45) is -0.137. The zero-order chi connectivity index (χ0) is 19.9. The largest absolute Gasteiger partial charge is 0.499 e. The normalized spacial score (nSPS) is 24.2. The van der Waals surface area contributed by atoms with Crippen molar-refractivity contribution in [2.24, 2.45) is 5.41 Å². The molecule has 0 aromatic heterocycles. The molecule has 9 heteroatoms. The number of amides is 1. The van der Waals surface area contributed by atoms with Gasteiger partial charge in [-0.3, -0.25) is 9.59 Å². The summed E-state index contributed by atoms with van der Waals surface area (Å²) in [6, 6.07) is 9.82. The van der Waals surface area contributed by atoms with Crippen LogP contribution in [0.3, 0.4) is 0 Å². The number of methoxy groups -OCH3 is 1. The first-order valence-corrected chi connectivity index (χ1v) is 10.4. The predicted molar refractivity (Wildman–Crippen MR) is 102 cm³/mol. The van der Waals surface area contributed by atoms with E-state index in [9.17, 15) is 14.5 Å². The fraction of sp³-hybridized carbons (Fsp3) is 0.556. The van der Waals surface area contributed by atoms with Crippen LogP contribution in [0.25, 0.3) is 0 Å². The third-order valence-corrected chi connectivity index (χ3v) is 5.83. The summed E-state index contributed by atoms with van der Waals surface area (Å²) < 4.78 is 15.8. The van der Waals surface area contributed by atoms with Gasteiger partial charge in [0.1, 0.15) is 6.61 Å².